The number of thioether (sulfide) groups is 1. The summed E-state index contributed by atoms with van der Waals surface area (Å²) in [5.41, 5.74) is 2.35. The standard InChI is InChI=1S/C29H25ClINO5S/c1-3-35-23-15-18(14-22(31)27(23)37-17-19-10-8-9-13-21(19)30)16-24-26(33)25(29(34)36-4-2)28(38-24)32-20-11-6-5-7-12-20/h5-16,33H,3-4,17H2,1-2H3/b24-16-,32-28?. The molecular formula is C29H25ClINO5S. The van der Waals surface area contributed by atoms with Gasteiger partial charge in [0.05, 0.1) is 27.4 Å². The number of carbonyl (C=O) groups is 1. The third-order valence-electron chi connectivity index (χ3n) is 5.32. The van der Waals surface area contributed by atoms with Gasteiger partial charge in [-0.1, -0.05) is 59.8 Å². The first kappa shape index (κ1) is 28.1. The summed E-state index contributed by atoms with van der Waals surface area (Å²) < 4.78 is 18.0. The number of nitrogens with zero attached hydrogens (tertiary/aromatic N) is 1. The van der Waals surface area contributed by atoms with Crippen molar-refractivity contribution in [1.29, 1.82) is 0 Å². The van der Waals surface area contributed by atoms with Gasteiger partial charge in [-0.2, -0.15) is 0 Å². The summed E-state index contributed by atoms with van der Waals surface area (Å²) in [6.07, 6.45) is 1.79. The van der Waals surface area contributed by atoms with Crippen LogP contribution in [0, 0.1) is 3.57 Å². The van der Waals surface area contributed by atoms with Crippen LogP contribution >= 0.6 is 46.0 Å². The summed E-state index contributed by atoms with van der Waals surface area (Å²) in [6, 6.07) is 20.5. The molecule has 1 aliphatic rings. The molecule has 0 radical (unpaired) electrons. The van der Waals surface area contributed by atoms with Crippen molar-refractivity contribution in [3.8, 4) is 11.5 Å². The molecule has 0 fully saturated rings. The third-order valence-corrected chi connectivity index (χ3v) is 7.51. The second kappa shape index (κ2) is 13.2. The van der Waals surface area contributed by atoms with Crippen molar-refractivity contribution in [3.63, 3.8) is 0 Å². The molecule has 3 aromatic carbocycles. The maximum absolute atomic E-state index is 12.7. The van der Waals surface area contributed by atoms with Crippen LogP contribution in [0.3, 0.4) is 0 Å². The summed E-state index contributed by atoms with van der Waals surface area (Å²) >= 11 is 9.69. The minimum absolute atomic E-state index is 0.0476. The minimum Gasteiger partial charge on any atom is -0.506 e. The predicted octanol–water partition coefficient (Wildman–Crippen LogP) is 8.12. The lowest BCUT2D eigenvalue weighted by Gasteiger charge is -2.15. The molecule has 38 heavy (non-hydrogen) atoms. The van der Waals surface area contributed by atoms with E-state index >= 15 is 0 Å². The monoisotopic (exact) mass is 661 g/mol. The number of rotatable bonds is 9. The average molecular weight is 662 g/mol. The first-order valence-electron chi connectivity index (χ1n) is 11.9. The number of ether oxygens (including phenoxy) is 3. The Morgan fingerprint density at radius 2 is 1.79 bits per heavy atom. The first-order valence-corrected chi connectivity index (χ1v) is 14.2. The number of aliphatic hydroxyl groups is 1. The molecule has 0 spiro atoms. The Labute approximate surface area is 244 Å². The fraction of sp³-hybridized carbons (Fsp3) is 0.172. The van der Waals surface area contributed by atoms with E-state index in [0.29, 0.717) is 38.8 Å². The minimum atomic E-state index is -0.622. The highest BCUT2D eigenvalue weighted by Gasteiger charge is 2.33. The van der Waals surface area contributed by atoms with Gasteiger partial charge in [-0.3, -0.25) is 0 Å². The topological polar surface area (TPSA) is 77.4 Å². The fourth-order valence-corrected chi connectivity index (χ4v) is 5.61. The first-order chi connectivity index (χ1) is 18.4. The Balaban J connectivity index is 1.68. The molecule has 1 heterocycles. The molecule has 0 amide bonds. The number of carbonyl (C=O) groups excluding carboxylic acids is 1. The van der Waals surface area contributed by atoms with Gasteiger partial charge in [0.2, 0.25) is 0 Å². The lowest BCUT2D eigenvalue weighted by molar-refractivity contribution is -0.138. The summed E-state index contributed by atoms with van der Waals surface area (Å²) in [5, 5.41) is 12.0. The second-order valence-corrected chi connectivity index (χ2v) is 10.6. The largest absolute Gasteiger partial charge is 0.506 e. The molecule has 196 valence electrons. The smallest absolute Gasteiger partial charge is 0.344 e. The molecule has 0 saturated carbocycles. The lowest BCUT2D eigenvalue weighted by atomic mass is 10.1. The Kier molecular flexibility index (Phi) is 9.76. The highest BCUT2D eigenvalue weighted by atomic mass is 127. The molecular weight excluding hydrogens is 637 g/mol. The van der Waals surface area contributed by atoms with Crippen LogP contribution < -0.4 is 9.47 Å². The van der Waals surface area contributed by atoms with Crippen LogP contribution in [0.5, 0.6) is 11.5 Å². The number of benzene rings is 3. The molecule has 1 N–H and O–H groups in total. The molecule has 0 saturated heterocycles. The van der Waals surface area contributed by atoms with Crippen LogP contribution in [-0.4, -0.2) is 29.3 Å². The molecule has 0 bridgehead atoms. The Bertz CT molecular complexity index is 1420. The zero-order valence-corrected chi connectivity index (χ0v) is 24.5. The SMILES string of the molecule is CCOC(=O)C1=C(O)/C(=C/c2cc(I)c(OCc3ccccc3Cl)c(OCC)c2)SC1=Nc1ccccc1. The summed E-state index contributed by atoms with van der Waals surface area (Å²) in [4.78, 5) is 17.8. The zero-order valence-electron chi connectivity index (χ0n) is 20.7. The van der Waals surface area contributed by atoms with E-state index in [9.17, 15) is 9.90 Å². The Hall–Kier alpha value is -2.95. The van der Waals surface area contributed by atoms with Gasteiger partial charge >= 0.3 is 5.97 Å². The van der Waals surface area contributed by atoms with Crippen molar-refractivity contribution in [2.24, 2.45) is 4.99 Å². The summed E-state index contributed by atoms with van der Waals surface area (Å²) in [5.74, 6) is 0.374. The number of aliphatic imine (C=N–C) groups is 1. The van der Waals surface area contributed by atoms with Crippen molar-refractivity contribution in [1.82, 2.24) is 0 Å². The van der Waals surface area contributed by atoms with E-state index in [1.54, 1.807) is 13.0 Å². The van der Waals surface area contributed by atoms with Crippen molar-refractivity contribution >= 4 is 68.7 Å². The van der Waals surface area contributed by atoms with Gasteiger partial charge < -0.3 is 19.3 Å². The van der Waals surface area contributed by atoms with Gasteiger partial charge in [-0.25, -0.2) is 9.79 Å². The van der Waals surface area contributed by atoms with Crippen molar-refractivity contribution in [2.45, 2.75) is 20.5 Å². The third kappa shape index (κ3) is 6.73. The predicted molar refractivity (Wildman–Crippen MR) is 162 cm³/mol. The fourth-order valence-electron chi connectivity index (χ4n) is 3.60. The van der Waals surface area contributed by atoms with E-state index < -0.39 is 5.97 Å². The van der Waals surface area contributed by atoms with Crippen LogP contribution in [0.4, 0.5) is 5.69 Å². The van der Waals surface area contributed by atoms with Gasteiger partial charge in [-0.15, -0.1) is 0 Å². The molecule has 1 aliphatic heterocycles. The molecule has 0 aromatic heterocycles. The zero-order chi connectivity index (χ0) is 27.1. The molecule has 9 heteroatoms. The van der Waals surface area contributed by atoms with E-state index in [1.165, 1.54) is 11.8 Å². The van der Waals surface area contributed by atoms with E-state index in [4.69, 9.17) is 25.8 Å². The molecule has 0 aliphatic carbocycles. The quantitative estimate of drug-likeness (QED) is 0.184. The van der Waals surface area contributed by atoms with Crippen LogP contribution in [-0.2, 0) is 16.1 Å². The average Bonchev–Trinajstić information content (AvgIpc) is 3.19. The molecule has 6 nitrogen and oxygen atoms in total. The van der Waals surface area contributed by atoms with Crippen molar-refractivity contribution < 1.29 is 24.1 Å². The Morgan fingerprint density at radius 1 is 1.05 bits per heavy atom. The van der Waals surface area contributed by atoms with E-state index in [-0.39, 0.29) is 24.5 Å². The number of hydrogen-bond acceptors (Lipinski definition) is 7. The van der Waals surface area contributed by atoms with Crippen LogP contribution in [0.15, 0.2) is 88.0 Å². The van der Waals surface area contributed by atoms with Crippen LogP contribution in [0.25, 0.3) is 6.08 Å². The van der Waals surface area contributed by atoms with E-state index in [0.717, 1.165) is 14.7 Å². The second-order valence-electron chi connectivity index (χ2n) is 7.95. The number of halogens is 2. The van der Waals surface area contributed by atoms with Gasteiger partial charge in [0, 0.05) is 10.6 Å². The normalized spacial score (nSPS) is 15.3. The van der Waals surface area contributed by atoms with Gasteiger partial charge in [0.15, 0.2) is 11.5 Å². The highest BCUT2D eigenvalue weighted by Crippen LogP contribution is 2.42. The van der Waals surface area contributed by atoms with Crippen molar-refractivity contribution in [2.75, 3.05) is 13.2 Å². The summed E-state index contributed by atoms with van der Waals surface area (Å²) in [7, 11) is 0. The lowest BCUT2D eigenvalue weighted by Crippen LogP contribution is -2.12. The summed E-state index contributed by atoms with van der Waals surface area (Å²) in [6.45, 7) is 4.53. The van der Waals surface area contributed by atoms with E-state index in [2.05, 4.69) is 27.6 Å². The van der Waals surface area contributed by atoms with E-state index in [1.807, 2.05) is 73.7 Å². The number of esters is 1. The molecule has 4 rings (SSSR count). The van der Waals surface area contributed by atoms with Crippen molar-refractivity contribution in [3.05, 3.63) is 103 Å². The molecule has 3 aromatic rings. The Morgan fingerprint density at radius 3 is 2.50 bits per heavy atom. The number of aliphatic hydroxyl groups excluding tert-OH is 1. The van der Waals surface area contributed by atoms with Crippen LogP contribution in [0.2, 0.25) is 5.02 Å². The van der Waals surface area contributed by atoms with Crippen LogP contribution in [0.1, 0.15) is 25.0 Å². The van der Waals surface area contributed by atoms with Gasteiger partial charge in [0.25, 0.3) is 0 Å². The van der Waals surface area contributed by atoms with Gasteiger partial charge in [0.1, 0.15) is 23.0 Å². The number of hydrogen-bond donors (Lipinski definition) is 1. The van der Waals surface area contributed by atoms with Gasteiger partial charge in [-0.05, 0) is 78.4 Å². The maximum atomic E-state index is 12.7. The maximum Gasteiger partial charge on any atom is 0.344 e. The molecule has 0 atom stereocenters. The highest BCUT2D eigenvalue weighted by molar-refractivity contribution is 14.1. The number of para-hydroxylation sites is 1. The molecule has 0 unspecified atom stereocenters.